The molecule has 0 radical (unpaired) electrons. The second-order valence-electron chi connectivity index (χ2n) is 8.24. The first-order valence-corrected chi connectivity index (χ1v) is 11.1. The molecule has 5 rings (SSSR count). The topological polar surface area (TPSA) is 57.4 Å². The van der Waals surface area contributed by atoms with Gasteiger partial charge >= 0.3 is 6.03 Å². The molecule has 1 aliphatic heterocycles. The van der Waals surface area contributed by atoms with Crippen LogP contribution in [0.4, 0.5) is 14.9 Å². The van der Waals surface area contributed by atoms with Crippen LogP contribution in [0.25, 0.3) is 10.9 Å². The number of anilines is 1. The molecular weight excluding hydrogens is 441 g/mol. The number of hydrogen-bond acceptors (Lipinski definition) is 2. The average molecular weight is 464 g/mol. The number of benzene rings is 3. The molecule has 0 saturated heterocycles. The number of aryl methyl sites for hydroxylation is 1. The van der Waals surface area contributed by atoms with Crippen molar-refractivity contribution in [2.75, 3.05) is 19.0 Å². The van der Waals surface area contributed by atoms with Crippen LogP contribution in [-0.2, 0) is 6.42 Å². The van der Waals surface area contributed by atoms with Gasteiger partial charge in [0.15, 0.2) is 0 Å². The Morgan fingerprint density at radius 3 is 2.70 bits per heavy atom. The number of hydrogen-bond donors (Lipinski definition) is 2. The largest absolute Gasteiger partial charge is 0.495 e. The van der Waals surface area contributed by atoms with Crippen molar-refractivity contribution in [1.82, 2.24) is 9.88 Å². The Balaban J connectivity index is 1.58. The number of rotatable bonds is 3. The van der Waals surface area contributed by atoms with Gasteiger partial charge in [0, 0.05) is 28.2 Å². The molecule has 1 atom stereocenters. The van der Waals surface area contributed by atoms with Gasteiger partial charge in [0.05, 0.1) is 18.8 Å². The quantitative estimate of drug-likeness (QED) is 0.366. The normalized spacial score (nSPS) is 15.4. The standard InChI is InChI=1S/C26H23ClFN3O2/c1-15-3-10-23(33-2)22(13-15)30-26(32)31-12-11-19-20-14-17(27)6-9-21(20)29-24(19)25(31)16-4-7-18(28)8-5-16/h3-10,13-14,25,29H,11-12H2,1-2H3,(H,30,32)/t25-/m0/s1. The zero-order chi connectivity index (χ0) is 23.1. The fourth-order valence-electron chi connectivity index (χ4n) is 4.58. The number of amides is 2. The maximum atomic E-state index is 13.7. The third kappa shape index (κ3) is 3.91. The van der Waals surface area contributed by atoms with Gasteiger partial charge in [-0.3, -0.25) is 0 Å². The monoisotopic (exact) mass is 463 g/mol. The highest BCUT2D eigenvalue weighted by molar-refractivity contribution is 6.31. The number of ether oxygens (including phenoxy) is 1. The molecule has 0 fully saturated rings. The van der Waals surface area contributed by atoms with Gasteiger partial charge in [-0.1, -0.05) is 29.8 Å². The maximum Gasteiger partial charge on any atom is 0.322 e. The molecule has 5 nitrogen and oxygen atoms in total. The second kappa shape index (κ2) is 8.45. The van der Waals surface area contributed by atoms with E-state index in [1.807, 2.05) is 43.3 Å². The van der Waals surface area contributed by atoms with Crippen molar-refractivity contribution in [2.45, 2.75) is 19.4 Å². The highest BCUT2D eigenvalue weighted by Crippen LogP contribution is 2.39. The molecule has 7 heteroatoms. The van der Waals surface area contributed by atoms with Gasteiger partial charge < -0.3 is 19.9 Å². The molecule has 1 aliphatic rings. The first-order chi connectivity index (χ1) is 15.9. The molecule has 33 heavy (non-hydrogen) atoms. The minimum Gasteiger partial charge on any atom is -0.495 e. The molecule has 2 amide bonds. The van der Waals surface area contributed by atoms with E-state index in [4.69, 9.17) is 16.3 Å². The van der Waals surface area contributed by atoms with Crippen molar-refractivity contribution in [3.63, 3.8) is 0 Å². The van der Waals surface area contributed by atoms with Crippen LogP contribution in [0, 0.1) is 12.7 Å². The summed E-state index contributed by atoms with van der Waals surface area (Å²) in [4.78, 5) is 18.8. The Morgan fingerprint density at radius 1 is 1.15 bits per heavy atom. The lowest BCUT2D eigenvalue weighted by molar-refractivity contribution is 0.193. The first-order valence-electron chi connectivity index (χ1n) is 10.7. The van der Waals surface area contributed by atoms with Crippen LogP contribution in [0.5, 0.6) is 5.75 Å². The van der Waals surface area contributed by atoms with Gasteiger partial charge in [-0.2, -0.15) is 0 Å². The van der Waals surface area contributed by atoms with E-state index < -0.39 is 6.04 Å². The van der Waals surface area contributed by atoms with E-state index in [1.165, 1.54) is 12.1 Å². The lowest BCUT2D eigenvalue weighted by Gasteiger charge is -2.36. The van der Waals surface area contributed by atoms with E-state index in [-0.39, 0.29) is 11.8 Å². The number of carbonyl (C=O) groups excluding carboxylic acids is 1. The molecule has 0 spiro atoms. The predicted molar refractivity (Wildman–Crippen MR) is 129 cm³/mol. The number of nitrogens with zero attached hydrogens (tertiary/aromatic N) is 1. The summed E-state index contributed by atoms with van der Waals surface area (Å²) in [6.45, 7) is 2.45. The summed E-state index contributed by atoms with van der Waals surface area (Å²) >= 11 is 6.26. The van der Waals surface area contributed by atoms with Crippen molar-refractivity contribution in [1.29, 1.82) is 0 Å². The lowest BCUT2D eigenvalue weighted by atomic mass is 9.92. The van der Waals surface area contributed by atoms with Gasteiger partial charge in [-0.25, -0.2) is 9.18 Å². The number of fused-ring (bicyclic) bond motifs is 3. The number of nitrogens with one attached hydrogen (secondary N) is 2. The number of aromatic amines is 1. The van der Waals surface area contributed by atoms with Crippen LogP contribution in [0.2, 0.25) is 5.02 Å². The molecule has 168 valence electrons. The number of methoxy groups -OCH3 is 1. The van der Waals surface area contributed by atoms with Crippen molar-refractivity contribution < 1.29 is 13.9 Å². The first kappa shape index (κ1) is 21.3. The third-order valence-electron chi connectivity index (χ3n) is 6.13. The molecule has 0 saturated carbocycles. The minimum atomic E-state index is -0.406. The van der Waals surface area contributed by atoms with Gasteiger partial charge in [0.25, 0.3) is 0 Å². The van der Waals surface area contributed by atoms with Crippen molar-refractivity contribution in [3.8, 4) is 5.75 Å². The molecule has 0 unspecified atom stereocenters. The zero-order valence-corrected chi connectivity index (χ0v) is 19.0. The molecule has 0 bridgehead atoms. The van der Waals surface area contributed by atoms with Crippen LogP contribution in [0.3, 0.4) is 0 Å². The number of carbonyl (C=O) groups is 1. The fraction of sp³-hybridized carbons (Fsp3) is 0.192. The Kier molecular flexibility index (Phi) is 5.46. The molecule has 4 aromatic rings. The summed E-state index contributed by atoms with van der Waals surface area (Å²) in [6, 6.07) is 17.0. The highest BCUT2D eigenvalue weighted by atomic mass is 35.5. The van der Waals surface area contributed by atoms with E-state index in [0.29, 0.717) is 29.4 Å². The van der Waals surface area contributed by atoms with Crippen LogP contribution < -0.4 is 10.1 Å². The summed E-state index contributed by atoms with van der Waals surface area (Å²) in [7, 11) is 1.57. The van der Waals surface area contributed by atoms with Gasteiger partial charge in [0.1, 0.15) is 11.6 Å². The lowest BCUT2D eigenvalue weighted by Crippen LogP contribution is -2.43. The van der Waals surface area contributed by atoms with E-state index in [9.17, 15) is 9.18 Å². The van der Waals surface area contributed by atoms with Gasteiger partial charge in [-0.15, -0.1) is 0 Å². The van der Waals surface area contributed by atoms with Crippen molar-refractivity contribution in [3.05, 3.63) is 93.9 Å². The number of urea groups is 1. The summed E-state index contributed by atoms with van der Waals surface area (Å²) < 4.78 is 19.1. The maximum absolute atomic E-state index is 13.7. The SMILES string of the molecule is COc1ccc(C)cc1NC(=O)N1CCc2c([nH]c3ccc(Cl)cc23)[C@@H]1c1ccc(F)cc1. The summed E-state index contributed by atoms with van der Waals surface area (Å²) in [6.07, 6.45) is 0.672. The summed E-state index contributed by atoms with van der Waals surface area (Å²) in [5, 5.41) is 4.72. The Bertz CT molecular complexity index is 1350. The highest BCUT2D eigenvalue weighted by Gasteiger charge is 2.35. The van der Waals surface area contributed by atoms with Crippen LogP contribution in [-0.4, -0.2) is 29.6 Å². The summed E-state index contributed by atoms with van der Waals surface area (Å²) in [5.41, 5.74) is 5.43. The Labute approximate surface area is 196 Å². The minimum absolute atomic E-state index is 0.254. The summed E-state index contributed by atoms with van der Waals surface area (Å²) in [5.74, 6) is 0.268. The van der Waals surface area contributed by atoms with Crippen LogP contribution >= 0.6 is 11.6 Å². The molecular formula is C26H23ClFN3O2. The molecule has 0 aliphatic carbocycles. The number of H-pyrrole nitrogens is 1. The smallest absolute Gasteiger partial charge is 0.322 e. The molecule has 2 N–H and O–H groups in total. The van der Waals surface area contributed by atoms with Crippen molar-refractivity contribution >= 4 is 34.2 Å². The van der Waals surface area contributed by atoms with Crippen LogP contribution in [0.1, 0.15) is 28.4 Å². The number of aromatic nitrogens is 1. The van der Waals surface area contributed by atoms with Crippen molar-refractivity contribution in [2.24, 2.45) is 0 Å². The van der Waals surface area contributed by atoms with Gasteiger partial charge in [-0.05, 0) is 72.5 Å². The second-order valence-corrected chi connectivity index (χ2v) is 8.67. The van der Waals surface area contributed by atoms with E-state index >= 15 is 0 Å². The zero-order valence-electron chi connectivity index (χ0n) is 18.3. The third-order valence-corrected chi connectivity index (χ3v) is 6.37. The van der Waals surface area contributed by atoms with E-state index in [2.05, 4.69) is 10.3 Å². The average Bonchev–Trinajstić information content (AvgIpc) is 3.17. The number of halogens is 2. The Morgan fingerprint density at radius 2 is 1.94 bits per heavy atom. The molecule has 2 heterocycles. The molecule has 1 aromatic heterocycles. The molecule has 3 aromatic carbocycles. The van der Waals surface area contributed by atoms with E-state index in [0.717, 1.165) is 33.3 Å². The van der Waals surface area contributed by atoms with E-state index in [1.54, 1.807) is 24.1 Å². The van der Waals surface area contributed by atoms with Crippen LogP contribution in [0.15, 0.2) is 60.7 Å². The predicted octanol–water partition coefficient (Wildman–Crippen LogP) is 6.46. The Hall–Kier alpha value is -3.51. The fourth-order valence-corrected chi connectivity index (χ4v) is 4.75. The van der Waals surface area contributed by atoms with Gasteiger partial charge in [0.2, 0.25) is 0 Å².